The van der Waals surface area contributed by atoms with Gasteiger partial charge in [-0.05, 0) is 34.7 Å². The predicted octanol–water partition coefficient (Wildman–Crippen LogP) is 2.78. The first-order valence-electron chi connectivity index (χ1n) is 4.66. The molecule has 0 saturated carbocycles. The summed E-state index contributed by atoms with van der Waals surface area (Å²) < 4.78 is 2.91. The highest BCUT2D eigenvalue weighted by Crippen LogP contribution is 2.26. The van der Waals surface area contributed by atoms with Gasteiger partial charge in [-0.15, -0.1) is 10.2 Å². The van der Waals surface area contributed by atoms with E-state index in [0.717, 1.165) is 25.9 Å². The van der Waals surface area contributed by atoms with Gasteiger partial charge in [0.15, 0.2) is 5.82 Å². The minimum absolute atomic E-state index is 0.727. The molecule has 6 heteroatoms. The van der Waals surface area contributed by atoms with E-state index >= 15 is 0 Å². The van der Waals surface area contributed by atoms with Crippen molar-refractivity contribution in [2.45, 2.75) is 0 Å². The van der Waals surface area contributed by atoms with Crippen molar-refractivity contribution in [1.29, 1.82) is 0 Å². The molecule has 0 aliphatic rings. The van der Waals surface area contributed by atoms with Crippen molar-refractivity contribution in [2.75, 3.05) is 12.4 Å². The lowest BCUT2D eigenvalue weighted by Gasteiger charge is -2.04. The number of benzene rings is 1. The van der Waals surface area contributed by atoms with Crippen LogP contribution in [0.25, 0.3) is 11.4 Å². The number of aromatic nitrogens is 3. The Hall–Kier alpha value is -0.820. The lowest BCUT2D eigenvalue weighted by Crippen LogP contribution is -1.99. The third-order valence-corrected chi connectivity index (χ3v) is 3.85. The normalized spacial score (nSPS) is 10.5. The highest BCUT2D eigenvalue weighted by Gasteiger charge is 2.10. The van der Waals surface area contributed by atoms with Crippen LogP contribution in [0, 0.1) is 3.57 Å². The van der Waals surface area contributed by atoms with Crippen LogP contribution in [0.2, 0.25) is 5.02 Å². The predicted molar refractivity (Wildman–Crippen MR) is 73.7 cm³/mol. The maximum atomic E-state index is 6.08. The molecule has 0 unspecified atom stereocenters. The van der Waals surface area contributed by atoms with E-state index in [1.165, 1.54) is 0 Å². The van der Waals surface area contributed by atoms with Gasteiger partial charge in [-0.1, -0.05) is 17.7 Å². The molecule has 2 rings (SSSR count). The molecule has 84 valence electrons. The summed E-state index contributed by atoms with van der Waals surface area (Å²) in [6, 6.07) is 5.84. The van der Waals surface area contributed by atoms with Gasteiger partial charge < -0.3 is 5.32 Å². The van der Waals surface area contributed by atoms with E-state index in [0.29, 0.717) is 0 Å². The van der Waals surface area contributed by atoms with E-state index in [9.17, 15) is 0 Å². The number of hydrogen-bond acceptors (Lipinski definition) is 3. The van der Waals surface area contributed by atoms with Crippen LogP contribution in [-0.4, -0.2) is 21.8 Å². The molecule has 0 aliphatic heterocycles. The second-order valence-electron chi connectivity index (χ2n) is 3.29. The lowest BCUT2D eigenvalue weighted by atomic mass is 10.2. The summed E-state index contributed by atoms with van der Waals surface area (Å²) >= 11 is 8.27. The highest BCUT2D eigenvalue weighted by atomic mass is 127. The van der Waals surface area contributed by atoms with Crippen LogP contribution in [0.3, 0.4) is 0 Å². The first-order valence-corrected chi connectivity index (χ1v) is 6.11. The molecule has 4 nitrogen and oxygen atoms in total. The summed E-state index contributed by atoms with van der Waals surface area (Å²) in [6.45, 7) is 0. The minimum Gasteiger partial charge on any atom is -0.357 e. The van der Waals surface area contributed by atoms with Crippen molar-refractivity contribution in [3.8, 4) is 11.4 Å². The molecule has 2 aromatic rings. The minimum atomic E-state index is 0.727. The molecule has 0 bridgehead atoms. The monoisotopic (exact) mass is 348 g/mol. The van der Waals surface area contributed by atoms with Gasteiger partial charge in [0.2, 0.25) is 5.95 Å². The molecule has 1 aromatic heterocycles. The van der Waals surface area contributed by atoms with E-state index < -0.39 is 0 Å². The largest absolute Gasteiger partial charge is 0.357 e. The Labute approximate surface area is 112 Å². The summed E-state index contributed by atoms with van der Waals surface area (Å²) in [5, 5.41) is 11.8. The van der Waals surface area contributed by atoms with Crippen molar-refractivity contribution in [3.63, 3.8) is 0 Å². The first-order chi connectivity index (χ1) is 7.63. The zero-order valence-corrected chi connectivity index (χ0v) is 11.7. The third-order valence-electron chi connectivity index (χ3n) is 2.28. The maximum absolute atomic E-state index is 6.08. The first kappa shape index (κ1) is 11.7. The Morgan fingerprint density at radius 1 is 1.38 bits per heavy atom. The molecule has 0 fully saturated rings. The molecule has 0 amide bonds. The van der Waals surface area contributed by atoms with Gasteiger partial charge in [0.25, 0.3) is 0 Å². The number of nitrogens with zero attached hydrogens (tertiary/aromatic N) is 3. The van der Waals surface area contributed by atoms with Gasteiger partial charge in [0.05, 0.1) is 5.02 Å². The van der Waals surface area contributed by atoms with E-state index in [4.69, 9.17) is 11.6 Å². The highest BCUT2D eigenvalue weighted by molar-refractivity contribution is 14.1. The molecule has 1 heterocycles. The number of rotatable bonds is 2. The summed E-state index contributed by atoms with van der Waals surface area (Å²) in [4.78, 5) is 0. The van der Waals surface area contributed by atoms with Crippen LogP contribution in [0.4, 0.5) is 5.95 Å². The zero-order valence-electron chi connectivity index (χ0n) is 8.83. The molecule has 0 saturated heterocycles. The quantitative estimate of drug-likeness (QED) is 0.849. The Bertz CT molecular complexity index is 524. The molecule has 0 radical (unpaired) electrons. The van der Waals surface area contributed by atoms with Crippen LogP contribution in [-0.2, 0) is 7.05 Å². The molecule has 1 N–H and O–H groups in total. The topological polar surface area (TPSA) is 42.7 Å². The SMILES string of the molecule is CNc1nnc(-c2ccc(I)c(Cl)c2)n1C. The number of halogens is 2. The summed E-state index contributed by atoms with van der Waals surface area (Å²) in [7, 11) is 3.72. The Morgan fingerprint density at radius 2 is 2.12 bits per heavy atom. The fraction of sp³-hybridized carbons (Fsp3) is 0.200. The van der Waals surface area contributed by atoms with Crippen molar-refractivity contribution < 1.29 is 0 Å². The molecule has 16 heavy (non-hydrogen) atoms. The fourth-order valence-electron chi connectivity index (χ4n) is 1.43. The van der Waals surface area contributed by atoms with Crippen LogP contribution < -0.4 is 5.32 Å². The summed E-state index contributed by atoms with van der Waals surface area (Å²) in [6.07, 6.45) is 0. The second kappa shape index (κ2) is 4.58. The third kappa shape index (κ3) is 2.01. The number of anilines is 1. The smallest absolute Gasteiger partial charge is 0.224 e. The van der Waals surface area contributed by atoms with Crippen LogP contribution >= 0.6 is 34.2 Å². The Balaban J connectivity index is 2.50. The molecule has 1 aromatic carbocycles. The molecule has 0 atom stereocenters. The second-order valence-corrected chi connectivity index (χ2v) is 4.85. The average Bonchev–Trinajstić information content (AvgIpc) is 2.64. The fourth-order valence-corrected chi connectivity index (χ4v) is 1.95. The van der Waals surface area contributed by atoms with Crippen molar-refractivity contribution in [2.24, 2.45) is 7.05 Å². The van der Waals surface area contributed by atoms with Gasteiger partial charge in [-0.3, -0.25) is 4.57 Å². The van der Waals surface area contributed by atoms with Gasteiger partial charge in [-0.25, -0.2) is 0 Å². The van der Waals surface area contributed by atoms with E-state index in [-0.39, 0.29) is 0 Å². The molecule has 0 spiro atoms. The molecule has 0 aliphatic carbocycles. The van der Waals surface area contributed by atoms with Gasteiger partial charge >= 0.3 is 0 Å². The zero-order chi connectivity index (χ0) is 11.7. The average molecular weight is 349 g/mol. The Morgan fingerprint density at radius 3 is 2.69 bits per heavy atom. The maximum Gasteiger partial charge on any atom is 0.224 e. The van der Waals surface area contributed by atoms with Gasteiger partial charge in [0, 0.05) is 23.2 Å². The van der Waals surface area contributed by atoms with E-state index in [1.807, 2.05) is 36.9 Å². The van der Waals surface area contributed by atoms with Crippen LogP contribution in [0.5, 0.6) is 0 Å². The van der Waals surface area contributed by atoms with Crippen LogP contribution in [0.15, 0.2) is 18.2 Å². The van der Waals surface area contributed by atoms with Gasteiger partial charge in [-0.2, -0.15) is 0 Å². The standard InChI is InChI=1S/C10H10ClIN4/c1-13-10-15-14-9(16(10)2)6-3-4-8(12)7(11)5-6/h3-5H,1-2H3,(H,13,15). The van der Waals surface area contributed by atoms with E-state index in [1.54, 1.807) is 0 Å². The summed E-state index contributed by atoms with van der Waals surface area (Å²) in [5.41, 5.74) is 0.960. The molecular weight excluding hydrogens is 338 g/mol. The summed E-state index contributed by atoms with van der Waals surface area (Å²) in [5.74, 6) is 1.52. The van der Waals surface area contributed by atoms with Crippen molar-refractivity contribution >= 4 is 40.1 Å². The van der Waals surface area contributed by atoms with E-state index in [2.05, 4.69) is 38.1 Å². The number of nitrogens with one attached hydrogen (secondary N) is 1. The van der Waals surface area contributed by atoms with Crippen LogP contribution in [0.1, 0.15) is 0 Å². The number of hydrogen-bond donors (Lipinski definition) is 1. The lowest BCUT2D eigenvalue weighted by molar-refractivity contribution is 0.925. The van der Waals surface area contributed by atoms with Crippen molar-refractivity contribution in [3.05, 3.63) is 26.8 Å². The Kier molecular flexibility index (Phi) is 3.34. The van der Waals surface area contributed by atoms with Gasteiger partial charge in [0.1, 0.15) is 0 Å². The molecular formula is C10H10ClIN4. The van der Waals surface area contributed by atoms with Crippen molar-refractivity contribution in [1.82, 2.24) is 14.8 Å².